The van der Waals surface area contributed by atoms with Gasteiger partial charge in [-0.15, -0.1) is 0 Å². The number of carbonyl (C=O) groups is 1. The number of nitrogens with zero attached hydrogens (tertiary/aromatic N) is 5. The van der Waals surface area contributed by atoms with E-state index in [1.807, 2.05) is 0 Å². The molecule has 0 spiro atoms. The SMILES string of the molecule is O=C(c1cnccn1)N1CCN(S(=O)(=O)N2CCCC2)CC1. The minimum Gasteiger partial charge on any atom is -0.335 e. The zero-order valence-corrected chi connectivity index (χ0v) is 13.1. The van der Waals surface area contributed by atoms with Gasteiger partial charge in [0.25, 0.3) is 16.1 Å². The Morgan fingerprint density at radius 3 is 2.18 bits per heavy atom. The number of aromatic nitrogens is 2. The lowest BCUT2D eigenvalue weighted by Crippen LogP contribution is -2.53. The number of hydrogen-bond acceptors (Lipinski definition) is 5. The molecule has 0 aromatic carbocycles. The predicted octanol–water partition coefficient (Wildman–Crippen LogP) is -0.425. The van der Waals surface area contributed by atoms with Crippen LogP contribution in [0.25, 0.3) is 0 Å². The van der Waals surface area contributed by atoms with Crippen LogP contribution >= 0.6 is 0 Å². The normalized spacial score (nSPS) is 21.2. The smallest absolute Gasteiger partial charge is 0.282 e. The molecule has 0 N–H and O–H groups in total. The second-order valence-corrected chi connectivity index (χ2v) is 7.32. The molecule has 22 heavy (non-hydrogen) atoms. The van der Waals surface area contributed by atoms with Gasteiger partial charge < -0.3 is 4.90 Å². The molecule has 1 aromatic heterocycles. The van der Waals surface area contributed by atoms with Gasteiger partial charge in [0.1, 0.15) is 5.69 Å². The molecule has 0 atom stereocenters. The molecule has 3 rings (SSSR count). The van der Waals surface area contributed by atoms with E-state index in [2.05, 4.69) is 9.97 Å². The Morgan fingerprint density at radius 2 is 1.59 bits per heavy atom. The van der Waals surface area contributed by atoms with E-state index in [1.165, 1.54) is 27.2 Å². The first-order chi connectivity index (χ1) is 10.6. The molecule has 0 unspecified atom stereocenters. The molecule has 9 heteroatoms. The summed E-state index contributed by atoms with van der Waals surface area (Å²) in [4.78, 5) is 21.8. The van der Waals surface area contributed by atoms with Crippen LogP contribution in [0.15, 0.2) is 18.6 Å². The molecule has 0 radical (unpaired) electrons. The fraction of sp³-hybridized carbons (Fsp3) is 0.615. The van der Waals surface area contributed by atoms with Gasteiger partial charge in [-0.2, -0.15) is 17.0 Å². The maximum Gasteiger partial charge on any atom is 0.282 e. The third-order valence-electron chi connectivity index (χ3n) is 4.03. The van der Waals surface area contributed by atoms with E-state index in [0.717, 1.165) is 12.8 Å². The molecular weight excluding hydrogens is 306 g/mol. The fourth-order valence-corrected chi connectivity index (χ4v) is 4.45. The van der Waals surface area contributed by atoms with Crippen molar-refractivity contribution in [2.24, 2.45) is 0 Å². The number of piperazine rings is 1. The summed E-state index contributed by atoms with van der Waals surface area (Å²) in [5.74, 6) is -0.202. The zero-order valence-electron chi connectivity index (χ0n) is 12.3. The Kier molecular flexibility index (Phi) is 4.37. The summed E-state index contributed by atoms with van der Waals surface area (Å²) in [7, 11) is -3.37. The van der Waals surface area contributed by atoms with Crippen molar-refractivity contribution in [3.63, 3.8) is 0 Å². The Morgan fingerprint density at radius 1 is 0.955 bits per heavy atom. The van der Waals surface area contributed by atoms with Crippen LogP contribution in [0, 0.1) is 0 Å². The number of hydrogen-bond donors (Lipinski definition) is 0. The van der Waals surface area contributed by atoms with Crippen LogP contribution < -0.4 is 0 Å². The maximum atomic E-state index is 12.5. The average Bonchev–Trinajstić information content (AvgIpc) is 3.10. The molecule has 2 fully saturated rings. The molecule has 0 bridgehead atoms. The Bertz CT molecular complexity index is 622. The highest BCUT2D eigenvalue weighted by Crippen LogP contribution is 2.18. The van der Waals surface area contributed by atoms with Gasteiger partial charge in [0.05, 0.1) is 6.20 Å². The molecule has 2 saturated heterocycles. The molecule has 1 aromatic rings. The van der Waals surface area contributed by atoms with Crippen LogP contribution in [0.4, 0.5) is 0 Å². The largest absolute Gasteiger partial charge is 0.335 e. The Balaban J connectivity index is 1.62. The summed E-state index contributed by atoms with van der Waals surface area (Å²) in [6, 6.07) is 0. The van der Waals surface area contributed by atoms with Gasteiger partial charge in [-0.3, -0.25) is 9.78 Å². The number of amides is 1. The van der Waals surface area contributed by atoms with E-state index in [1.54, 1.807) is 4.90 Å². The minimum atomic E-state index is -3.37. The number of carbonyl (C=O) groups excluding carboxylic acids is 1. The van der Waals surface area contributed by atoms with Crippen LogP contribution in [-0.2, 0) is 10.2 Å². The Labute approximate surface area is 129 Å². The lowest BCUT2D eigenvalue weighted by atomic mass is 10.3. The van der Waals surface area contributed by atoms with Crippen molar-refractivity contribution in [1.82, 2.24) is 23.5 Å². The zero-order chi connectivity index (χ0) is 15.6. The van der Waals surface area contributed by atoms with E-state index in [-0.39, 0.29) is 5.91 Å². The summed E-state index contributed by atoms with van der Waals surface area (Å²) in [6.45, 7) is 2.60. The van der Waals surface area contributed by atoms with Crippen molar-refractivity contribution >= 4 is 16.1 Å². The third kappa shape index (κ3) is 2.96. The van der Waals surface area contributed by atoms with Gasteiger partial charge in [-0.1, -0.05) is 0 Å². The minimum absolute atomic E-state index is 0.202. The van der Waals surface area contributed by atoms with Gasteiger partial charge in [0, 0.05) is 51.7 Å². The van der Waals surface area contributed by atoms with Crippen molar-refractivity contribution in [2.75, 3.05) is 39.3 Å². The molecule has 2 aliphatic rings. The molecule has 0 aliphatic carbocycles. The first kappa shape index (κ1) is 15.3. The van der Waals surface area contributed by atoms with Crippen molar-refractivity contribution in [3.05, 3.63) is 24.3 Å². The fourth-order valence-electron chi connectivity index (χ4n) is 2.78. The molecule has 120 valence electrons. The van der Waals surface area contributed by atoms with Crippen molar-refractivity contribution in [1.29, 1.82) is 0 Å². The van der Waals surface area contributed by atoms with Gasteiger partial charge in [-0.05, 0) is 12.8 Å². The van der Waals surface area contributed by atoms with E-state index in [0.29, 0.717) is 45.0 Å². The predicted molar refractivity (Wildman–Crippen MR) is 79.2 cm³/mol. The van der Waals surface area contributed by atoms with Crippen molar-refractivity contribution < 1.29 is 13.2 Å². The van der Waals surface area contributed by atoms with E-state index >= 15 is 0 Å². The summed E-state index contributed by atoms with van der Waals surface area (Å²) in [6.07, 6.45) is 6.25. The van der Waals surface area contributed by atoms with Crippen LogP contribution in [0.5, 0.6) is 0 Å². The first-order valence-corrected chi connectivity index (χ1v) is 8.79. The summed E-state index contributed by atoms with van der Waals surface area (Å²) >= 11 is 0. The lowest BCUT2D eigenvalue weighted by molar-refractivity contribution is 0.0688. The van der Waals surface area contributed by atoms with Gasteiger partial charge >= 0.3 is 0 Å². The van der Waals surface area contributed by atoms with E-state index in [9.17, 15) is 13.2 Å². The summed E-state index contributed by atoms with van der Waals surface area (Å²) in [5, 5.41) is 0. The van der Waals surface area contributed by atoms with Gasteiger partial charge in [-0.25, -0.2) is 4.98 Å². The van der Waals surface area contributed by atoms with Crippen LogP contribution in [-0.4, -0.2) is 77.1 Å². The highest BCUT2D eigenvalue weighted by Gasteiger charge is 2.34. The number of rotatable bonds is 3. The topological polar surface area (TPSA) is 86.7 Å². The second-order valence-electron chi connectivity index (χ2n) is 5.40. The van der Waals surface area contributed by atoms with Crippen LogP contribution in [0.2, 0.25) is 0 Å². The highest BCUT2D eigenvalue weighted by atomic mass is 32.2. The summed E-state index contributed by atoms with van der Waals surface area (Å²) in [5.41, 5.74) is 0.290. The Hall–Kier alpha value is -1.58. The van der Waals surface area contributed by atoms with Gasteiger partial charge in [0.2, 0.25) is 0 Å². The van der Waals surface area contributed by atoms with Crippen LogP contribution in [0.1, 0.15) is 23.3 Å². The molecule has 3 heterocycles. The second kappa shape index (κ2) is 6.27. The first-order valence-electron chi connectivity index (χ1n) is 7.39. The summed E-state index contributed by atoms with van der Waals surface area (Å²) < 4.78 is 27.9. The maximum absolute atomic E-state index is 12.5. The molecular formula is C13H19N5O3S. The van der Waals surface area contributed by atoms with E-state index in [4.69, 9.17) is 0 Å². The quantitative estimate of drug-likeness (QED) is 0.753. The molecule has 2 aliphatic heterocycles. The van der Waals surface area contributed by atoms with E-state index < -0.39 is 10.2 Å². The standard InChI is InChI=1S/C13H19N5O3S/c19-13(12-11-14-3-4-15-12)16-7-9-18(10-8-16)22(20,21)17-5-1-2-6-17/h3-4,11H,1-2,5-10H2. The third-order valence-corrected chi connectivity index (χ3v) is 6.06. The monoisotopic (exact) mass is 325 g/mol. The van der Waals surface area contributed by atoms with Crippen molar-refractivity contribution in [3.8, 4) is 0 Å². The van der Waals surface area contributed by atoms with Crippen molar-refractivity contribution in [2.45, 2.75) is 12.8 Å². The van der Waals surface area contributed by atoms with Crippen LogP contribution in [0.3, 0.4) is 0 Å². The molecule has 1 amide bonds. The van der Waals surface area contributed by atoms with Gasteiger partial charge in [0.15, 0.2) is 0 Å². The average molecular weight is 325 g/mol. The highest BCUT2D eigenvalue weighted by molar-refractivity contribution is 7.86. The lowest BCUT2D eigenvalue weighted by Gasteiger charge is -2.35. The molecule has 8 nitrogen and oxygen atoms in total. The molecule has 0 saturated carbocycles.